The maximum atomic E-state index is 12.4. The Kier molecular flexibility index (Phi) is 8.27. The van der Waals surface area contributed by atoms with Crippen molar-refractivity contribution in [2.45, 2.75) is 46.0 Å². The molecule has 0 aliphatic carbocycles. The molecule has 0 aliphatic rings. The lowest BCUT2D eigenvalue weighted by Crippen LogP contribution is -2.07. The minimum absolute atomic E-state index is 0.0124. The van der Waals surface area contributed by atoms with Crippen LogP contribution in [0, 0.1) is 0 Å². The minimum atomic E-state index is -0.0124. The monoisotopic (exact) mass is 332 g/mol. The van der Waals surface area contributed by atoms with Crippen molar-refractivity contribution >= 4 is 11.0 Å². The number of unbranched alkanes of at least 4 members (excludes halogenated alkanes) is 1. The fraction of sp³-hybridized carbons (Fsp3) is 0.450. The van der Waals surface area contributed by atoms with Crippen LogP contribution in [0.2, 0.25) is 0 Å². The van der Waals surface area contributed by atoms with Crippen LogP contribution in [-0.2, 0) is 6.42 Å². The number of aliphatic hydroxyl groups excluding tert-OH is 1. The number of hydrogen-bond acceptors (Lipinski definition) is 4. The molecule has 2 aromatic rings. The molecule has 0 aliphatic heterocycles. The van der Waals surface area contributed by atoms with Gasteiger partial charge in [0.1, 0.15) is 17.1 Å². The minimum Gasteiger partial charge on any atom is -0.497 e. The van der Waals surface area contributed by atoms with Crippen molar-refractivity contribution in [1.29, 1.82) is 0 Å². The van der Waals surface area contributed by atoms with E-state index in [1.807, 2.05) is 26.8 Å². The largest absolute Gasteiger partial charge is 0.497 e. The molecule has 132 valence electrons. The van der Waals surface area contributed by atoms with Gasteiger partial charge in [0.05, 0.1) is 12.5 Å². The Morgan fingerprint density at radius 1 is 1.29 bits per heavy atom. The van der Waals surface area contributed by atoms with Gasteiger partial charge < -0.3 is 14.3 Å². The van der Waals surface area contributed by atoms with Gasteiger partial charge in [-0.1, -0.05) is 19.9 Å². The van der Waals surface area contributed by atoms with E-state index in [9.17, 15) is 4.79 Å². The second kappa shape index (κ2) is 9.93. The summed E-state index contributed by atoms with van der Waals surface area (Å²) in [5, 5.41) is 9.53. The molecule has 0 atom stereocenters. The van der Waals surface area contributed by atoms with Gasteiger partial charge in [0, 0.05) is 24.7 Å². The highest BCUT2D eigenvalue weighted by Crippen LogP contribution is 2.27. The van der Waals surface area contributed by atoms with Gasteiger partial charge in [-0.05, 0) is 37.8 Å². The molecule has 1 N–H and O–H groups in total. The molecule has 0 spiro atoms. The van der Waals surface area contributed by atoms with Gasteiger partial charge >= 0.3 is 0 Å². The fourth-order valence-corrected chi connectivity index (χ4v) is 2.39. The molecule has 0 amide bonds. The Morgan fingerprint density at radius 2 is 1.96 bits per heavy atom. The van der Waals surface area contributed by atoms with E-state index in [4.69, 9.17) is 14.3 Å². The number of hydrogen-bond donors (Lipinski definition) is 1. The first-order valence-corrected chi connectivity index (χ1v) is 8.31. The van der Waals surface area contributed by atoms with E-state index in [1.54, 1.807) is 25.3 Å². The zero-order valence-corrected chi connectivity index (χ0v) is 15.1. The molecule has 0 saturated heterocycles. The van der Waals surface area contributed by atoms with Crippen LogP contribution in [0.1, 0.15) is 50.9 Å². The molecule has 24 heavy (non-hydrogen) atoms. The highest BCUT2D eigenvalue weighted by atomic mass is 16.5. The van der Waals surface area contributed by atoms with E-state index in [0.717, 1.165) is 18.4 Å². The topological polar surface area (TPSA) is 59.7 Å². The lowest BCUT2D eigenvalue weighted by Gasteiger charge is -2.11. The number of allylic oxidation sites excluding steroid dienone is 1. The van der Waals surface area contributed by atoms with Crippen molar-refractivity contribution in [3.63, 3.8) is 0 Å². The normalized spacial score (nSPS) is 10.4. The lowest BCUT2D eigenvalue weighted by molar-refractivity contribution is 0.284. The summed E-state index contributed by atoms with van der Waals surface area (Å²) in [5.74, 6) is 1.53. The number of rotatable bonds is 6. The first-order valence-electron chi connectivity index (χ1n) is 8.31. The summed E-state index contributed by atoms with van der Waals surface area (Å²) >= 11 is 0. The summed E-state index contributed by atoms with van der Waals surface area (Å²) in [6.07, 6.45) is 4.01. The van der Waals surface area contributed by atoms with Crippen molar-refractivity contribution in [3.8, 4) is 5.75 Å². The first-order chi connectivity index (χ1) is 11.5. The summed E-state index contributed by atoms with van der Waals surface area (Å²) in [4.78, 5) is 12.4. The standard InChI is InChI=1S/C17H22O4.C3H6/c1-11(2)15-10-14(19)17-12(6-4-5-7-18)8-13(20-3)9-16(17)21-15;1-3-2/h8-11,18H,4-7H2,1-3H3;3H,1H2,2H3. The second-order valence-corrected chi connectivity index (χ2v) is 5.92. The van der Waals surface area contributed by atoms with Gasteiger partial charge in [0.15, 0.2) is 5.43 Å². The lowest BCUT2D eigenvalue weighted by atomic mass is 10.0. The molecule has 4 nitrogen and oxygen atoms in total. The molecule has 1 aromatic heterocycles. The molecule has 2 rings (SSSR count). The van der Waals surface area contributed by atoms with Gasteiger partial charge in [0.25, 0.3) is 0 Å². The Bertz CT molecular complexity index is 713. The first kappa shape index (κ1) is 20.0. The van der Waals surface area contributed by atoms with E-state index < -0.39 is 0 Å². The number of ether oxygens (including phenoxy) is 1. The van der Waals surface area contributed by atoms with Gasteiger partial charge in [-0.2, -0.15) is 0 Å². The molecule has 4 heteroatoms. The summed E-state index contributed by atoms with van der Waals surface area (Å²) < 4.78 is 11.2. The number of benzene rings is 1. The number of aryl methyl sites for hydroxylation is 1. The van der Waals surface area contributed by atoms with E-state index in [1.165, 1.54) is 0 Å². The van der Waals surface area contributed by atoms with Crippen LogP contribution in [-0.4, -0.2) is 18.8 Å². The fourth-order valence-electron chi connectivity index (χ4n) is 2.39. The van der Waals surface area contributed by atoms with Crippen LogP contribution in [0.25, 0.3) is 11.0 Å². The van der Waals surface area contributed by atoms with Crippen LogP contribution in [0.5, 0.6) is 5.75 Å². The van der Waals surface area contributed by atoms with Crippen LogP contribution < -0.4 is 10.2 Å². The molecule has 0 radical (unpaired) electrons. The predicted octanol–water partition coefficient (Wildman–Crippen LogP) is 4.43. The average molecular weight is 332 g/mol. The molecule has 1 aromatic carbocycles. The van der Waals surface area contributed by atoms with Gasteiger partial charge in [-0.3, -0.25) is 4.79 Å². The Labute approximate surface area is 143 Å². The molecule has 0 bridgehead atoms. The summed E-state index contributed by atoms with van der Waals surface area (Å²) in [7, 11) is 1.60. The Hall–Kier alpha value is -2.07. The van der Waals surface area contributed by atoms with Crippen LogP contribution >= 0.6 is 0 Å². The zero-order chi connectivity index (χ0) is 18.1. The second-order valence-electron chi connectivity index (χ2n) is 5.92. The maximum Gasteiger partial charge on any atom is 0.193 e. The summed E-state index contributed by atoms with van der Waals surface area (Å²) in [5.41, 5.74) is 1.48. The smallest absolute Gasteiger partial charge is 0.193 e. The molecular formula is C20H28O4. The van der Waals surface area contributed by atoms with Crippen molar-refractivity contribution in [2.75, 3.05) is 13.7 Å². The summed E-state index contributed by atoms with van der Waals surface area (Å²) in [6.45, 7) is 9.40. The maximum absolute atomic E-state index is 12.4. The molecule has 0 fully saturated rings. The van der Waals surface area contributed by atoms with Crippen LogP contribution in [0.3, 0.4) is 0 Å². The van der Waals surface area contributed by atoms with Crippen LogP contribution in [0.4, 0.5) is 0 Å². The zero-order valence-electron chi connectivity index (χ0n) is 15.1. The molecular weight excluding hydrogens is 304 g/mol. The van der Waals surface area contributed by atoms with Crippen molar-refractivity contribution in [1.82, 2.24) is 0 Å². The third kappa shape index (κ3) is 5.24. The number of methoxy groups -OCH3 is 1. The van der Waals surface area contributed by atoms with E-state index >= 15 is 0 Å². The van der Waals surface area contributed by atoms with Gasteiger partial charge in [-0.15, -0.1) is 6.58 Å². The third-order valence-corrected chi connectivity index (χ3v) is 3.56. The van der Waals surface area contributed by atoms with Gasteiger partial charge in [-0.25, -0.2) is 0 Å². The van der Waals surface area contributed by atoms with E-state index in [-0.39, 0.29) is 18.0 Å². The van der Waals surface area contributed by atoms with Crippen molar-refractivity contribution in [3.05, 3.63) is 52.4 Å². The van der Waals surface area contributed by atoms with E-state index in [0.29, 0.717) is 28.9 Å². The third-order valence-electron chi connectivity index (χ3n) is 3.56. The Morgan fingerprint density at radius 3 is 2.50 bits per heavy atom. The predicted molar refractivity (Wildman–Crippen MR) is 99.0 cm³/mol. The summed E-state index contributed by atoms with van der Waals surface area (Å²) in [6, 6.07) is 5.22. The quantitative estimate of drug-likeness (QED) is 0.628. The number of fused-ring (bicyclic) bond motifs is 1. The van der Waals surface area contributed by atoms with Gasteiger partial charge in [0.2, 0.25) is 0 Å². The highest BCUT2D eigenvalue weighted by Gasteiger charge is 2.13. The SMILES string of the molecule is C=CC.COc1cc(CCCCO)c2c(=O)cc(C(C)C)oc2c1. The average Bonchev–Trinajstić information content (AvgIpc) is 2.54. The van der Waals surface area contributed by atoms with E-state index in [2.05, 4.69) is 6.58 Å². The van der Waals surface area contributed by atoms with Crippen molar-refractivity contribution in [2.24, 2.45) is 0 Å². The molecule has 1 heterocycles. The Balaban J connectivity index is 0.000000891. The van der Waals surface area contributed by atoms with Crippen molar-refractivity contribution < 1.29 is 14.3 Å². The molecule has 0 unspecified atom stereocenters. The highest BCUT2D eigenvalue weighted by molar-refractivity contribution is 5.82. The van der Waals surface area contributed by atoms with Crippen LogP contribution in [0.15, 0.2) is 40.1 Å². The number of aliphatic hydroxyl groups is 1. The molecule has 0 saturated carbocycles.